The Labute approximate surface area is 240 Å². The van der Waals surface area contributed by atoms with Crippen molar-refractivity contribution in [3.05, 3.63) is 90.3 Å². The Kier molecular flexibility index (Phi) is 8.44. The molecule has 41 heavy (non-hydrogen) atoms. The van der Waals surface area contributed by atoms with Gasteiger partial charge in [-0.3, -0.25) is 0 Å². The summed E-state index contributed by atoms with van der Waals surface area (Å²) in [6.07, 6.45) is -0.436. The van der Waals surface area contributed by atoms with E-state index in [1.54, 1.807) is 18.0 Å². The monoisotopic (exact) mass is 578 g/mol. The zero-order chi connectivity index (χ0) is 29.0. The summed E-state index contributed by atoms with van der Waals surface area (Å²) in [5.41, 5.74) is 4.69. The van der Waals surface area contributed by atoms with E-state index in [2.05, 4.69) is 75.0 Å². The van der Waals surface area contributed by atoms with Crippen molar-refractivity contribution in [2.45, 2.75) is 45.5 Å². The van der Waals surface area contributed by atoms with E-state index >= 15 is 0 Å². The molecule has 1 aliphatic rings. The Morgan fingerprint density at radius 1 is 1.02 bits per heavy atom. The van der Waals surface area contributed by atoms with Crippen molar-refractivity contribution in [1.29, 1.82) is 0 Å². The highest BCUT2D eigenvalue weighted by atomic mass is 32.2. The molecule has 0 saturated carbocycles. The lowest BCUT2D eigenvalue weighted by Gasteiger charge is -2.36. The Morgan fingerprint density at radius 2 is 1.76 bits per heavy atom. The maximum atomic E-state index is 12.4. The van der Waals surface area contributed by atoms with Gasteiger partial charge in [0.05, 0.1) is 11.9 Å². The molecule has 1 fully saturated rings. The number of nitrogens with zero attached hydrogens (tertiary/aromatic N) is 6. The molecule has 1 saturated heterocycles. The number of alkyl halides is 3. The quantitative estimate of drug-likeness (QED) is 0.166. The Bertz CT molecular complexity index is 1530. The molecule has 11 heteroatoms. The number of thioether (sulfide) groups is 1. The average Bonchev–Trinajstić information content (AvgIpc) is 3.43. The molecule has 2 heterocycles. The second-order valence-corrected chi connectivity index (χ2v) is 10.9. The molecule has 0 bridgehead atoms. The number of anilines is 1. The van der Waals surface area contributed by atoms with Crippen molar-refractivity contribution in [2.24, 2.45) is 10.2 Å². The predicted octanol–water partition coefficient (Wildman–Crippen LogP) is 7.68. The van der Waals surface area contributed by atoms with Crippen LogP contribution in [-0.4, -0.2) is 44.3 Å². The molecular formula is C30H29F3N6OS. The van der Waals surface area contributed by atoms with E-state index in [0.29, 0.717) is 23.5 Å². The van der Waals surface area contributed by atoms with Crippen molar-refractivity contribution >= 4 is 28.8 Å². The predicted molar refractivity (Wildman–Crippen MR) is 158 cm³/mol. The molecule has 1 unspecified atom stereocenters. The van der Waals surface area contributed by atoms with Gasteiger partial charge in [-0.05, 0) is 60.7 Å². The van der Waals surface area contributed by atoms with Gasteiger partial charge in [0.1, 0.15) is 12.1 Å². The number of benzene rings is 3. The summed E-state index contributed by atoms with van der Waals surface area (Å²) < 4.78 is 42.6. The largest absolute Gasteiger partial charge is 0.573 e. The standard InChI is InChI=1S/C30H29F3N6OS/c1-20(2)26-6-4-5-7-27(26)39-21(3)16-17-41-29(39)36-35-18-22-8-10-23(11-9-22)28-34-19-38(37-28)24-12-14-25(15-13-24)40-30(31,32)33/h4-15,18-21H,16-17H2,1-3H3/b35-18+,36-29-. The van der Waals surface area contributed by atoms with E-state index < -0.39 is 6.36 Å². The van der Waals surface area contributed by atoms with E-state index in [0.717, 1.165) is 28.5 Å². The van der Waals surface area contributed by atoms with Gasteiger partial charge in [0.15, 0.2) is 11.0 Å². The minimum atomic E-state index is -4.74. The number of para-hydroxylation sites is 1. The SMILES string of the molecule is CC(C)c1ccccc1N1/C(=N/N=C/c2ccc(-c3ncn(-c4ccc(OC(F)(F)F)cc4)n3)cc2)SCCC1C. The van der Waals surface area contributed by atoms with Crippen LogP contribution in [-0.2, 0) is 0 Å². The third kappa shape index (κ3) is 6.97. The van der Waals surface area contributed by atoms with Crippen LogP contribution in [0.1, 0.15) is 44.2 Å². The van der Waals surface area contributed by atoms with E-state index in [4.69, 9.17) is 0 Å². The van der Waals surface area contributed by atoms with E-state index in [9.17, 15) is 13.2 Å². The fourth-order valence-corrected chi connectivity index (χ4v) is 5.67. The highest BCUT2D eigenvalue weighted by Crippen LogP contribution is 2.34. The molecule has 4 aromatic rings. The van der Waals surface area contributed by atoms with Crippen molar-refractivity contribution in [2.75, 3.05) is 10.7 Å². The van der Waals surface area contributed by atoms with Crippen molar-refractivity contribution in [3.63, 3.8) is 0 Å². The summed E-state index contributed by atoms with van der Waals surface area (Å²) in [6, 6.07) is 21.8. The van der Waals surface area contributed by atoms with Crippen molar-refractivity contribution in [1.82, 2.24) is 14.8 Å². The second-order valence-electron chi connectivity index (χ2n) is 9.87. The molecule has 1 aromatic heterocycles. The molecule has 212 valence electrons. The Balaban J connectivity index is 1.28. The molecule has 0 spiro atoms. The van der Waals surface area contributed by atoms with Crippen molar-refractivity contribution in [3.8, 4) is 22.8 Å². The van der Waals surface area contributed by atoms with Crippen LogP contribution in [0.15, 0.2) is 89.3 Å². The molecule has 0 N–H and O–H groups in total. The lowest BCUT2D eigenvalue weighted by Crippen LogP contribution is -2.41. The Hall–Kier alpha value is -4.12. The van der Waals surface area contributed by atoms with Crippen LogP contribution in [0.4, 0.5) is 18.9 Å². The second kappa shape index (κ2) is 12.2. The summed E-state index contributed by atoms with van der Waals surface area (Å²) >= 11 is 1.72. The van der Waals surface area contributed by atoms with E-state index in [-0.39, 0.29) is 5.75 Å². The third-order valence-corrected chi connectivity index (χ3v) is 7.55. The molecule has 3 aromatic carbocycles. The first-order valence-corrected chi connectivity index (χ1v) is 14.2. The van der Waals surface area contributed by atoms with Gasteiger partial charge in [-0.25, -0.2) is 9.67 Å². The van der Waals surface area contributed by atoms with Gasteiger partial charge < -0.3 is 9.64 Å². The van der Waals surface area contributed by atoms with E-state index in [1.807, 2.05) is 24.3 Å². The molecule has 0 radical (unpaired) electrons. The third-order valence-electron chi connectivity index (χ3n) is 6.58. The van der Waals surface area contributed by atoms with Gasteiger partial charge in [0, 0.05) is 23.0 Å². The van der Waals surface area contributed by atoms with Crippen LogP contribution >= 0.6 is 11.8 Å². The fourth-order valence-electron chi connectivity index (χ4n) is 4.50. The lowest BCUT2D eigenvalue weighted by molar-refractivity contribution is -0.274. The summed E-state index contributed by atoms with van der Waals surface area (Å²) in [5.74, 6) is 1.58. The average molecular weight is 579 g/mol. The van der Waals surface area contributed by atoms with Gasteiger partial charge in [-0.15, -0.1) is 23.4 Å². The summed E-state index contributed by atoms with van der Waals surface area (Å²) in [4.78, 5) is 6.63. The van der Waals surface area contributed by atoms with Gasteiger partial charge >= 0.3 is 6.36 Å². The number of aromatic nitrogens is 3. The van der Waals surface area contributed by atoms with Gasteiger partial charge in [0.2, 0.25) is 0 Å². The summed E-state index contributed by atoms with van der Waals surface area (Å²) in [5, 5.41) is 14.4. The zero-order valence-corrected chi connectivity index (χ0v) is 23.6. The van der Waals surface area contributed by atoms with Gasteiger partial charge in [-0.2, -0.15) is 5.10 Å². The van der Waals surface area contributed by atoms with Crippen LogP contribution in [0.25, 0.3) is 17.1 Å². The minimum absolute atomic E-state index is 0.298. The van der Waals surface area contributed by atoms with E-state index in [1.165, 1.54) is 46.5 Å². The molecule has 0 amide bonds. The molecular weight excluding hydrogens is 549 g/mol. The number of ether oxygens (including phenoxy) is 1. The van der Waals surface area contributed by atoms with Crippen LogP contribution in [0.5, 0.6) is 5.75 Å². The first kappa shape index (κ1) is 28.4. The summed E-state index contributed by atoms with van der Waals surface area (Å²) in [6.45, 7) is 6.63. The smallest absolute Gasteiger partial charge is 0.406 e. The zero-order valence-electron chi connectivity index (χ0n) is 22.8. The number of hydrogen-bond acceptors (Lipinski definition) is 6. The highest BCUT2D eigenvalue weighted by molar-refractivity contribution is 8.14. The number of hydrogen-bond donors (Lipinski definition) is 0. The Morgan fingerprint density at radius 3 is 2.46 bits per heavy atom. The topological polar surface area (TPSA) is 67.9 Å². The highest BCUT2D eigenvalue weighted by Gasteiger charge is 2.31. The molecule has 7 nitrogen and oxygen atoms in total. The number of rotatable bonds is 7. The van der Waals surface area contributed by atoms with Crippen LogP contribution in [0, 0.1) is 0 Å². The van der Waals surface area contributed by atoms with Crippen LogP contribution in [0.2, 0.25) is 0 Å². The summed E-state index contributed by atoms with van der Waals surface area (Å²) in [7, 11) is 0. The first-order chi connectivity index (χ1) is 19.7. The maximum Gasteiger partial charge on any atom is 0.573 e. The van der Waals surface area contributed by atoms with Crippen LogP contribution < -0.4 is 9.64 Å². The van der Waals surface area contributed by atoms with Gasteiger partial charge in [-0.1, -0.05) is 68.1 Å². The van der Waals surface area contributed by atoms with Gasteiger partial charge in [0.25, 0.3) is 0 Å². The minimum Gasteiger partial charge on any atom is -0.406 e. The molecule has 5 rings (SSSR count). The van der Waals surface area contributed by atoms with Crippen LogP contribution in [0.3, 0.4) is 0 Å². The molecule has 1 aliphatic heterocycles. The maximum absolute atomic E-state index is 12.4. The number of amidine groups is 1. The molecule has 1 atom stereocenters. The van der Waals surface area contributed by atoms with Crippen molar-refractivity contribution < 1.29 is 17.9 Å². The lowest BCUT2D eigenvalue weighted by atomic mass is 9.99. The fraction of sp³-hybridized carbons (Fsp3) is 0.267. The number of halogens is 3. The molecule has 0 aliphatic carbocycles. The first-order valence-electron chi connectivity index (χ1n) is 13.2. The normalized spacial score (nSPS) is 17.1.